The van der Waals surface area contributed by atoms with Gasteiger partial charge in [-0.3, -0.25) is 4.79 Å². The Balaban J connectivity index is 2.47. The monoisotopic (exact) mass is 294 g/mol. The van der Waals surface area contributed by atoms with Gasteiger partial charge in [0.15, 0.2) is 6.10 Å². The van der Waals surface area contributed by atoms with Crippen LogP contribution in [0.15, 0.2) is 24.3 Å². The summed E-state index contributed by atoms with van der Waals surface area (Å²) in [7, 11) is 5.64. The highest BCUT2D eigenvalue weighted by atomic mass is 16.5. The maximum Gasteiger partial charge on any atom is 0.261 e. The summed E-state index contributed by atoms with van der Waals surface area (Å²) >= 11 is 0. The number of nitrogens with one attached hydrogen (secondary N) is 1. The van der Waals surface area contributed by atoms with Gasteiger partial charge in [-0.2, -0.15) is 0 Å². The van der Waals surface area contributed by atoms with Gasteiger partial charge in [-0.05, 0) is 45.6 Å². The smallest absolute Gasteiger partial charge is 0.261 e. The maximum atomic E-state index is 12.1. The lowest BCUT2D eigenvalue weighted by atomic mass is 10.2. The number of carbonyl (C=O) groups is 1. The van der Waals surface area contributed by atoms with Crippen LogP contribution in [0, 0.1) is 0 Å². The number of benzene rings is 1. The van der Waals surface area contributed by atoms with Crippen molar-refractivity contribution in [3.8, 4) is 11.5 Å². The van der Waals surface area contributed by atoms with Crippen LogP contribution in [0.4, 0.5) is 0 Å². The van der Waals surface area contributed by atoms with Crippen molar-refractivity contribution in [2.24, 2.45) is 0 Å². The van der Waals surface area contributed by atoms with E-state index in [2.05, 4.69) is 10.2 Å². The van der Waals surface area contributed by atoms with Crippen molar-refractivity contribution in [1.29, 1.82) is 0 Å². The molecular formula is C16H26N2O3. The van der Waals surface area contributed by atoms with Gasteiger partial charge in [0.25, 0.3) is 5.91 Å². The Morgan fingerprint density at radius 2 is 2.05 bits per heavy atom. The molecule has 1 amide bonds. The van der Waals surface area contributed by atoms with E-state index in [4.69, 9.17) is 9.47 Å². The van der Waals surface area contributed by atoms with Crippen LogP contribution in [-0.4, -0.2) is 51.2 Å². The van der Waals surface area contributed by atoms with Gasteiger partial charge in [-0.1, -0.05) is 13.0 Å². The minimum atomic E-state index is -0.475. The van der Waals surface area contributed by atoms with Gasteiger partial charge in [-0.15, -0.1) is 0 Å². The maximum absolute atomic E-state index is 12.1. The number of rotatable bonds is 9. The van der Waals surface area contributed by atoms with Crippen LogP contribution in [0.2, 0.25) is 0 Å². The second-order valence-corrected chi connectivity index (χ2v) is 5.14. The first-order chi connectivity index (χ1) is 10.1. The molecule has 1 aromatic carbocycles. The Labute approximate surface area is 127 Å². The molecule has 5 nitrogen and oxygen atoms in total. The number of methoxy groups -OCH3 is 1. The molecule has 118 valence electrons. The fourth-order valence-corrected chi connectivity index (χ4v) is 1.88. The molecular weight excluding hydrogens is 268 g/mol. The Kier molecular flexibility index (Phi) is 7.61. The van der Waals surface area contributed by atoms with E-state index < -0.39 is 6.10 Å². The molecule has 0 aromatic heterocycles. The summed E-state index contributed by atoms with van der Waals surface area (Å²) < 4.78 is 10.9. The van der Waals surface area contributed by atoms with E-state index in [-0.39, 0.29) is 5.91 Å². The summed E-state index contributed by atoms with van der Waals surface area (Å²) in [6, 6.07) is 7.29. The van der Waals surface area contributed by atoms with Crippen LogP contribution in [0.25, 0.3) is 0 Å². The molecule has 0 fully saturated rings. The van der Waals surface area contributed by atoms with Crippen molar-refractivity contribution in [2.75, 3.05) is 34.3 Å². The fraction of sp³-hybridized carbons (Fsp3) is 0.562. The van der Waals surface area contributed by atoms with Gasteiger partial charge < -0.3 is 19.7 Å². The van der Waals surface area contributed by atoms with E-state index in [9.17, 15) is 4.79 Å². The van der Waals surface area contributed by atoms with Gasteiger partial charge in [0, 0.05) is 12.6 Å². The number of carbonyl (C=O) groups excluding carboxylic acids is 1. The SMILES string of the molecule is CC[C@@H](Oc1cccc(OC)c1)C(=O)NCCCN(C)C. The number of hydrogen-bond acceptors (Lipinski definition) is 4. The number of nitrogens with zero attached hydrogens (tertiary/aromatic N) is 1. The van der Waals surface area contributed by atoms with E-state index >= 15 is 0 Å². The summed E-state index contributed by atoms with van der Waals surface area (Å²) in [5, 5.41) is 2.92. The molecule has 0 saturated carbocycles. The summed E-state index contributed by atoms with van der Waals surface area (Å²) in [5.41, 5.74) is 0. The third-order valence-electron chi connectivity index (χ3n) is 3.06. The first-order valence-corrected chi connectivity index (χ1v) is 7.30. The Morgan fingerprint density at radius 1 is 1.33 bits per heavy atom. The van der Waals surface area contributed by atoms with E-state index in [1.54, 1.807) is 13.2 Å². The summed E-state index contributed by atoms with van der Waals surface area (Å²) in [6.07, 6.45) is 1.07. The Hall–Kier alpha value is -1.75. The van der Waals surface area contributed by atoms with Crippen molar-refractivity contribution in [2.45, 2.75) is 25.9 Å². The highest BCUT2D eigenvalue weighted by Gasteiger charge is 2.17. The normalized spacial score (nSPS) is 12.0. The van der Waals surface area contributed by atoms with E-state index in [1.807, 2.05) is 39.2 Å². The lowest BCUT2D eigenvalue weighted by Crippen LogP contribution is -2.39. The number of amides is 1. The van der Waals surface area contributed by atoms with Crippen LogP contribution < -0.4 is 14.8 Å². The molecule has 0 aliphatic rings. The summed E-state index contributed by atoms with van der Waals surface area (Å²) in [4.78, 5) is 14.2. The van der Waals surface area contributed by atoms with Crippen molar-refractivity contribution in [3.05, 3.63) is 24.3 Å². The van der Waals surface area contributed by atoms with Crippen LogP contribution in [0.5, 0.6) is 11.5 Å². The standard InChI is InChI=1S/C16H26N2O3/c1-5-15(16(19)17-10-7-11-18(2)3)21-14-9-6-8-13(12-14)20-4/h6,8-9,12,15H,5,7,10-11H2,1-4H3,(H,17,19)/t15-/m1/s1. The van der Waals surface area contributed by atoms with Gasteiger partial charge in [0.2, 0.25) is 0 Å². The zero-order valence-electron chi connectivity index (χ0n) is 13.4. The highest BCUT2D eigenvalue weighted by Crippen LogP contribution is 2.20. The molecule has 0 aliphatic heterocycles. The highest BCUT2D eigenvalue weighted by molar-refractivity contribution is 5.81. The fourth-order valence-electron chi connectivity index (χ4n) is 1.88. The molecule has 1 rings (SSSR count). The van der Waals surface area contributed by atoms with E-state index in [0.29, 0.717) is 24.5 Å². The summed E-state index contributed by atoms with van der Waals surface area (Å²) in [5.74, 6) is 1.29. The van der Waals surface area contributed by atoms with Crippen LogP contribution in [-0.2, 0) is 4.79 Å². The molecule has 1 atom stereocenters. The second-order valence-electron chi connectivity index (χ2n) is 5.14. The molecule has 0 radical (unpaired) electrons. The van der Waals surface area contributed by atoms with Crippen molar-refractivity contribution in [3.63, 3.8) is 0 Å². The molecule has 5 heteroatoms. The number of hydrogen-bond donors (Lipinski definition) is 1. The summed E-state index contributed by atoms with van der Waals surface area (Å²) in [6.45, 7) is 3.55. The molecule has 0 bridgehead atoms. The van der Waals surface area contributed by atoms with Crippen LogP contribution >= 0.6 is 0 Å². The molecule has 1 N–H and O–H groups in total. The molecule has 0 aliphatic carbocycles. The minimum Gasteiger partial charge on any atom is -0.497 e. The van der Waals surface area contributed by atoms with Crippen molar-refractivity contribution in [1.82, 2.24) is 10.2 Å². The van der Waals surface area contributed by atoms with Gasteiger partial charge in [0.05, 0.1) is 7.11 Å². The quantitative estimate of drug-likeness (QED) is 0.707. The molecule has 1 aromatic rings. The molecule has 21 heavy (non-hydrogen) atoms. The Morgan fingerprint density at radius 3 is 2.67 bits per heavy atom. The van der Waals surface area contributed by atoms with Gasteiger partial charge in [-0.25, -0.2) is 0 Å². The predicted molar refractivity (Wildman–Crippen MR) is 83.9 cm³/mol. The first kappa shape index (κ1) is 17.3. The lowest BCUT2D eigenvalue weighted by Gasteiger charge is -2.18. The third kappa shape index (κ3) is 6.49. The average Bonchev–Trinajstić information content (AvgIpc) is 2.49. The second kappa shape index (κ2) is 9.23. The van der Waals surface area contributed by atoms with Crippen molar-refractivity contribution < 1.29 is 14.3 Å². The predicted octanol–water partition coefficient (Wildman–Crippen LogP) is 1.92. The topological polar surface area (TPSA) is 50.8 Å². The molecule has 0 unspecified atom stereocenters. The third-order valence-corrected chi connectivity index (χ3v) is 3.06. The Bertz CT molecular complexity index is 435. The molecule has 0 saturated heterocycles. The van der Waals surface area contributed by atoms with Crippen molar-refractivity contribution >= 4 is 5.91 Å². The number of ether oxygens (including phenoxy) is 2. The average molecular weight is 294 g/mol. The zero-order chi connectivity index (χ0) is 15.7. The molecule has 0 spiro atoms. The van der Waals surface area contributed by atoms with Crippen LogP contribution in [0.1, 0.15) is 19.8 Å². The van der Waals surface area contributed by atoms with E-state index in [0.717, 1.165) is 13.0 Å². The zero-order valence-corrected chi connectivity index (χ0v) is 13.4. The first-order valence-electron chi connectivity index (χ1n) is 7.30. The minimum absolute atomic E-state index is 0.0703. The van der Waals surface area contributed by atoms with Gasteiger partial charge >= 0.3 is 0 Å². The molecule has 0 heterocycles. The van der Waals surface area contributed by atoms with E-state index in [1.165, 1.54) is 0 Å². The van der Waals surface area contributed by atoms with Crippen LogP contribution in [0.3, 0.4) is 0 Å². The largest absolute Gasteiger partial charge is 0.497 e. The lowest BCUT2D eigenvalue weighted by molar-refractivity contribution is -0.128. The van der Waals surface area contributed by atoms with Gasteiger partial charge in [0.1, 0.15) is 11.5 Å².